The predicted octanol–water partition coefficient (Wildman–Crippen LogP) is 11.8. The molecule has 0 amide bonds. The molecule has 0 radical (unpaired) electrons. The lowest BCUT2D eigenvalue weighted by atomic mass is 9.97. The van der Waals surface area contributed by atoms with Crippen molar-refractivity contribution in [2.24, 2.45) is 0 Å². The minimum atomic E-state index is 1.02. The van der Waals surface area contributed by atoms with E-state index in [0.29, 0.717) is 0 Å². The maximum absolute atomic E-state index is 2.44. The van der Waals surface area contributed by atoms with Crippen LogP contribution in [0.2, 0.25) is 0 Å². The smallest absolute Gasteiger partial charge is 0.0541 e. The van der Waals surface area contributed by atoms with E-state index in [2.05, 4.69) is 157 Å². The summed E-state index contributed by atoms with van der Waals surface area (Å²) in [6, 6.07) is 54.8. The zero-order valence-electron chi connectivity index (χ0n) is 26.4. The van der Waals surface area contributed by atoms with Gasteiger partial charge in [-0.1, -0.05) is 110 Å². The monoisotopic (exact) mass is 599 g/mol. The predicted molar refractivity (Wildman–Crippen MR) is 198 cm³/mol. The molecule has 7 aromatic carbocycles. The first-order valence-electron chi connectivity index (χ1n) is 16.8. The minimum Gasteiger partial charge on any atom is -0.309 e. The number of hydrogen-bond acceptors (Lipinski definition) is 0. The maximum atomic E-state index is 2.44. The van der Waals surface area contributed by atoms with E-state index >= 15 is 0 Å². The summed E-state index contributed by atoms with van der Waals surface area (Å²) in [5.41, 5.74) is 21.3. The summed E-state index contributed by atoms with van der Waals surface area (Å²) in [4.78, 5) is 0. The second kappa shape index (κ2) is 10.2. The van der Waals surface area contributed by atoms with Crippen LogP contribution in [0.15, 0.2) is 146 Å². The summed E-state index contributed by atoms with van der Waals surface area (Å²) in [6.07, 6.45) is 3.11. The van der Waals surface area contributed by atoms with Crippen molar-refractivity contribution in [3.63, 3.8) is 0 Å². The highest BCUT2D eigenvalue weighted by Gasteiger charge is 2.21. The highest BCUT2D eigenvalue weighted by Crippen LogP contribution is 2.42. The summed E-state index contributed by atoms with van der Waals surface area (Å²) in [5, 5.41) is 2.56. The molecule has 0 aliphatic heterocycles. The Labute approximate surface area is 275 Å². The van der Waals surface area contributed by atoms with Gasteiger partial charge in [0.15, 0.2) is 0 Å². The van der Waals surface area contributed by atoms with Crippen LogP contribution < -0.4 is 0 Å². The van der Waals surface area contributed by atoms with E-state index in [9.17, 15) is 0 Å². The molecule has 0 fully saturated rings. The van der Waals surface area contributed by atoms with Crippen molar-refractivity contribution in [1.82, 2.24) is 4.57 Å². The summed E-state index contributed by atoms with van der Waals surface area (Å²) in [7, 11) is 0. The third-order valence-corrected chi connectivity index (χ3v) is 10.6. The largest absolute Gasteiger partial charge is 0.309 e. The van der Waals surface area contributed by atoms with Gasteiger partial charge in [0.1, 0.15) is 0 Å². The van der Waals surface area contributed by atoms with Gasteiger partial charge in [-0.05, 0) is 134 Å². The van der Waals surface area contributed by atoms with Gasteiger partial charge in [-0.2, -0.15) is 0 Å². The van der Waals surface area contributed by atoms with Gasteiger partial charge in [-0.25, -0.2) is 0 Å². The Bertz CT molecular complexity index is 2560. The van der Waals surface area contributed by atoms with Crippen molar-refractivity contribution in [2.45, 2.75) is 26.2 Å². The number of aromatic nitrogens is 1. The molecule has 47 heavy (non-hydrogen) atoms. The molecule has 10 rings (SSSR count). The minimum absolute atomic E-state index is 1.02. The zero-order chi connectivity index (χ0) is 31.1. The normalized spacial score (nSPS) is 12.7. The number of nitrogens with zero attached hydrogens (tertiary/aromatic N) is 1. The fraction of sp³-hybridized carbons (Fsp3) is 0.0870. The van der Waals surface area contributed by atoms with Gasteiger partial charge < -0.3 is 4.57 Å². The van der Waals surface area contributed by atoms with Crippen LogP contribution in [0.3, 0.4) is 0 Å². The van der Waals surface area contributed by atoms with Crippen molar-refractivity contribution in [1.29, 1.82) is 0 Å². The second-order valence-corrected chi connectivity index (χ2v) is 13.2. The Morgan fingerprint density at radius 1 is 0.426 bits per heavy atom. The van der Waals surface area contributed by atoms with Crippen molar-refractivity contribution in [3.8, 4) is 50.2 Å². The van der Waals surface area contributed by atoms with Crippen LogP contribution in [0.5, 0.6) is 0 Å². The third-order valence-electron chi connectivity index (χ3n) is 10.6. The Hall–Kier alpha value is -5.66. The van der Waals surface area contributed by atoms with Crippen LogP contribution in [0.1, 0.15) is 34.7 Å². The fourth-order valence-corrected chi connectivity index (χ4v) is 8.17. The Kier molecular flexibility index (Phi) is 5.75. The van der Waals surface area contributed by atoms with E-state index in [1.54, 1.807) is 0 Å². The standard InChI is InChI=1S/C46H33N/c1-2-29-14-15-35-24-37-19-16-31(27-43(37)41(35)22-29)30-9-7-10-38(25-30)47-45-13-6-5-12-40(45)44-28-33(20-21-46(44)47)32-17-18-36-23-34-8-3-4-11-39(34)42(36)26-32/h3-22,25-28H,2,23-24H2,1H3. The second-order valence-electron chi connectivity index (χ2n) is 13.2. The van der Waals surface area contributed by atoms with Crippen LogP contribution >= 0.6 is 0 Å². The molecular formula is C46H33N. The lowest BCUT2D eigenvalue weighted by molar-refractivity contribution is 1.13. The zero-order valence-corrected chi connectivity index (χ0v) is 26.4. The van der Waals surface area contributed by atoms with Crippen molar-refractivity contribution in [2.75, 3.05) is 0 Å². The molecule has 0 saturated carbocycles. The average Bonchev–Trinajstić information content (AvgIpc) is 3.80. The van der Waals surface area contributed by atoms with E-state index in [1.165, 1.54) is 99.8 Å². The average molecular weight is 600 g/mol. The molecule has 2 aliphatic rings. The molecule has 1 heteroatoms. The molecule has 1 nitrogen and oxygen atoms in total. The Morgan fingerprint density at radius 2 is 1.02 bits per heavy atom. The summed E-state index contributed by atoms with van der Waals surface area (Å²) in [5.74, 6) is 0. The molecule has 0 bridgehead atoms. The van der Waals surface area contributed by atoms with Crippen LogP contribution in [0, 0.1) is 0 Å². The Balaban J connectivity index is 1.08. The number of hydrogen-bond donors (Lipinski definition) is 0. The van der Waals surface area contributed by atoms with Crippen molar-refractivity contribution in [3.05, 3.63) is 173 Å². The third kappa shape index (κ3) is 4.09. The first kappa shape index (κ1) is 26.5. The van der Waals surface area contributed by atoms with Crippen molar-refractivity contribution >= 4 is 21.8 Å². The van der Waals surface area contributed by atoms with E-state index < -0.39 is 0 Å². The van der Waals surface area contributed by atoms with Gasteiger partial charge in [0.2, 0.25) is 0 Å². The number of aryl methyl sites for hydroxylation is 1. The molecule has 0 saturated heterocycles. The number of rotatable bonds is 4. The van der Waals surface area contributed by atoms with Gasteiger partial charge in [-0.15, -0.1) is 0 Å². The summed E-state index contributed by atoms with van der Waals surface area (Å²) >= 11 is 0. The molecule has 1 aromatic heterocycles. The number of benzene rings is 7. The molecule has 1 heterocycles. The lowest BCUT2D eigenvalue weighted by Gasteiger charge is -2.12. The highest BCUT2D eigenvalue weighted by atomic mass is 15.0. The number of fused-ring (bicyclic) bond motifs is 9. The molecular weight excluding hydrogens is 567 g/mol. The van der Waals surface area contributed by atoms with E-state index in [-0.39, 0.29) is 0 Å². The highest BCUT2D eigenvalue weighted by molar-refractivity contribution is 6.10. The van der Waals surface area contributed by atoms with Gasteiger partial charge in [0.05, 0.1) is 11.0 Å². The number of para-hydroxylation sites is 1. The summed E-state index contributed by atoms with van der Waals surface area (Å²) < 4.78 is 2.44. The van der Waals surface area contributed by atoms with Gasteiger partial charge in [0.25, 0.3) is 0 Å². The maximum Gasteiger partial charge on any atom is 0.0541 e. The quantitative estimate of drug-likeness (QED) is 0.190. The van der Waals surface area contributed by atoms with Gasteiger partial charge in [0, 0.05) is 16.5 Å². The van der Waals surface area contributed by atoms with Crippen LogP contribution in [0.4, 0.5) is 0 Å². The van der Waals surface area contributed by atoms with E-state index in [4.69, 9.17) is 0 Å². The fourth-order valence-electron chi connectivity index (χ4n) is 8.17. The van der Waals surface area contributed by atoms with Gasteiger partial charge in [-0.3, -0.25) is 0 Å². The van der Waals surface area contributed by atoms with Crippen molar-refractivity contribution < 1.29 is 0 Å². The topological polar surface area (TPSA) is 4.93 Å². The van der Waals surface area contributed by atoms with Gasteiger partial charge >= 0.3 is 0 Å². The van der Waals surface area contributed by atoms with Crippen LogP contribution in [-0.2, 0) is 19.3 Å². The molecule has 8 aromatic rings. The van der Waals surface area contributed by atoms with Crippen LogP contribution in [-0.4, -0.2) is 4.57 Å². The molecule has 222 valence electrons. The molecule has 0 N–H and O–H groups in total. The first-order valence-corrected chi connectivity index (χ1v) is 16.8. The molecule has 0 unspecified atom stereocenters. The molecule has 2 aliphatic carbocycles. The van der Waals surface area contributed by atoms with E-state index in [0.717, 1.165) is 19.3 Å². The SMILES string of the molecule is CCc1ccc2c(c1)-c1cc(-c3cccc(-n4c5ccccc5c5cc(-c6ccc7c(c6)-c6ccccc6C7)ccc54)c3)ccc1C2. The van der Waals surface area contributed by atoms with Crippen LogP contribution in [0.25, 0.3) is 72.0 Å². The molecule has 0 spiro atoms. The molecule has 0 atom stereocenters. The van der Waals surface area contributed by atoms with E-state index in [1.807, 2.05) is 0 Å². The Morgan fingerprint density at radius 3 is 1.83 bits per heavy atom. The lowest BCUT2D eigenvalue weighted by Crippen LogP contribution is -1.94. The first-order chi connectivity index (χ1) is 23.2. The summed E-state index contributed by atoms with van der Waals surface area (Å²) in [6.45, 7) is 2.24.